The average molecular weight is 240 g/mol. The van der Waals surface area contributed by atoms with E-state index in [0.29, 0.717) is 24.9 Å². The van der Waals surface area contributed by atoms with E-state index in [9.17, 15) is 4.79 Å². The average Bonchev–Trinajstić information content (AvgIpc) is 2.31. The second-order valence-electron chi connectivity index (χ2n) is 3.03. The molecule has 7 nitrogen and oxygen atoms in total. The monoisotopic (exact) mass is 240 g/mol. The van der Waals surface area contributed by atoms with Crippen LogP contribution >= 0.6 is 0 Å². The number of rotatable bonds is 6. The highest BCUT2D eigenvalue weighted by Crippen LogP contribution is 2.23. The minimum atomic E-state index is -0.372. The van der Waals surface area contributed by atoms with Crippen molar-refractivity contribution in [1.82, 2.24) is 9.97 Å². The van der Waals surface area contributed by atoms with Crippen molar-refractivity contribution in [1.29, 1.82) is 0 Å². The fourth-order valence-corrected chi connectivity index (χ4v) is 1.14. The van der Waals surface area contributed by atoms with Crippen molar-refractivity contribution in [3.05, 3.63) is 6.33 Å². The Hall–Kier alpha value is -2.05. The lowest BCUT2D eigenvalue weighted by Gasteiger charge is -2.10. The van der Waals surface area contributed by atoms with Crippen LogP contribution < -0.4 is 15.8 Å². The molecule has 0 aliphatic rings. The van der Waals surface area contributed by atoms with Crippen LogP contribution in [-0.2, 0) is 9.53 Å². The Balaban J connectivity index is 2.64. The molecular formula is C10H16N4O3. The normalized spacial score (nSPS) is 9.76. The Labute approximate surface area is 99.3 Å². The number of hydrogen-bond donors (Lipinski definition) is 2. The van der Waals surface area contributed by atoms with E-state index in [1.165, 1.54) is 6.33 Å². The molecule has 1 aromatic rings. The summed E-state index contributed by atoms with van der Waals surface area (Å²) in [6.07, 6.45) is 1.31. The van der Waals surface area contributed by atoms with Gasteiger partial charge in [-0.1, -0.05) is 0 Å². The summed E-state index contributed by atoms with van der Waals surface area (Å²) in [5, 5.41) is 2.77. The summed E-state index contributed by atoms with van der Waals surface area (Å²) in [5.74, 6) is 0.286. The van der Waals surface area contributed by atoms with Gasteiger partial charge in [-0.3, -0.25) is 4.79 Å². The van der Waals surface area contributed by atoms with E-state index in [2.05, 4.69) is 15.3 Å². The van der Waals surface area contributed by atoms with Crippen LogP contribution in [0.15, 0.2) is 6.33 Å². The fourth-order valence-electron chi connectivity index (χ4n) is 1.14. The van der Waals surface area contributed by atoms with Gasteiger partial charge in [0.1, 0.15) is 18.6 Å². The molecule has 0 bridgehead atoms. The van der Waals surface area contributed by atoms with Crippen molar-refractivity contribution >= 4 is 17.5 Å². The van der Waals surface area contributed by atoms with Gasteiger partial charge in [-0.2, -0.15) is 4.98 Å². The quantitative estimate of drug-likeness (QED) is 0.695. The Bertz CT molecular complexity index is 384. The fraction of sp³-hybridized carbons (Fsp3) is 0.500. The van der Waals surface area contributed by atoms with Gasteiger partial charge in [0.15, 0.2) is 5.82 Å². The van der Waals surface area contributed by atoms with Crippen LogP contribution in [0.3, 0.4) is 0 Å². The van der Waals surface area contributed by atoms with Gasteiger partial charge in [0.25, 0.3) is 0 Å². The van der Waals surface area contributed by atoms with Crippen molar-refractivity contribution in [2.45, 2.75) is 13.8 Å². The lowest BCUT2D eigenvalue weighted by atomic mass is 10.4. The van der Waals surface area contributed by atoms with E-state index in [-0.39, 0.29) is 18.2 Å². The van der Waals surface area contributed by atoms with Gasteiger partial charge in [0, 0.05) is 0 Å². The zero-order valence-corrected chi connectivity index (χ0v) is 9.90. The number of aromatic nitrogens is 2. The summed E-state index contributed by atoms with van der Waals surface area (Å²) in [6.45, 7) is 4.36. The second-order valence-corrected chi connectivity index (χ2v) is 3.03. The number of nitrogens with two attached hydrogens (primary N) is 1. The first-order valence-corrected chi connectivity index (χ1v) is 5.31. The summed E-state index contributed by atoms with van der Waals surface area (Å²) in [7, 11) is 0. The van der Waals surface area contributed by atoms with Crippen LogP contribution in [0.25, 0.3) is 0 Å². The summed E-state index contributed by atoms with van der Waals surface area (Å²) in [5.41, 5.74) is 6.04. The molecule has 94 valence electrons. The van der Waals surface area contributed by atoms with Crippen LogP contribution in [0.2, 0.25) is 0 Å². The third-order valence-corrected chi connectivity index (χ3v) is 1.83. The standard InChI is InChI=1S/C10H16N4O3/c1-3-16-7(15)5-12-9-8(11)10(17-4-2)14-6-13-9/h6H,3-5,11H2,1-2H3,(H,12,13,14). The Kier molecular flexibility index (Phi) is 4.99. The molecule has 1 heterocycles. The molecule has 7 heteroatoms. The number of carbonyl (C=O) groups is 1. The molecule has 0 aromatic carbocycles. The lowest BCUT2D eigenvalue weighted by molar-refractivity contribution is -0.140. The Morgan fingerprint density at radius 2 is 2.18 bits per heavy atom. The van der Waals surface area contributed by atoms with E-state index < -0.39 is 0 Å². The molecule has 0 aliphatic heterocycles. The number of nitrogen functional groups attached to an aromatic ring is 1. The third-order valence-electron chi connectivity index (χ3n) is 1.83. The molecule has 0 amide bonds. The van der Waals surface area contributed by atoms with Gasteiger partial charge < -0.3 is 20.5 Å². The molecule has 0 aliphatic carbocycles. The van der Waals surface area contributed by atoms with Crippen molar-refractivity contribution in [3.8, 4) is 5.88 Å². The van der Waals surface area contributed by atoms with Crippen LogP contribution in [0.1, 0.15) is 13.8 Å². The summed E-state index contributed by atoms with van der Waals surface area (Å²) < 4.78 is 9.96. The molecule has 1 aromatic heterocycles. The molecule has 0 fully saturated rings. The van der Waals surface area contributed by atoms with Crippen molar-refractivity contribution in [2.24, 2.45) is 0 Å². The van der Waals surface area contributed by atoms with E-state index >= 15 is 0 Å². The van der Waals surface area contributed by atoms with Crippen LogP contribution in [0, 0.1) is 0 Å². The van der Waals surface area contributed by atoms with Crippen LogP contribution in [-0.4, -0.2) is 35.7 Å². The van der Waals surface area contributed by atoms with Gasteiger partial charge in [-0.15, -0.1) is 0 Å². The molecular weight excluding hydrogens is 224 g/mol. The Morgan fingerprint density at radius 3 is 2.82 bits per heavy atom. The molecule has 1 rings (SSSR count). The van der Waals surface area contributed by atoms with Gasteiger partial charge >= 0.3 is 5.97 Å². The maximum atomic E-state index is 11.1. The second kappa shape index (κ2) is 6.51. The van der Waals surface area contributed by atoms with E-state index in [4.69, 9.17) is 15.2 Å². The van der Waals surface area contributed by atoms with Crippen molar-refractivity contribution in [2.75, 3.05) is 30.8 Å². The number of nitrogens with one attached hydrogen (secondary N) is 1. The predicted octanol–water partition coefficient (Wildman–Crippen LogP) is 0.432. The maximum absolute atomic E-state index is 11.1. The maximum Gasteiger partial charge on any atom is 0.325 e. The number of esters is 1. The topological polar surface area (TPSA) is 99.4 Å². The third kappa shape index (κ3) is 3.78. The Morgan fingerprint density at radius 1 is 1.41 bits per heavy atom. The largest absolute Gasteiger partial charge is 0.476 e. The van der Waals surface area contributed by atoms with Gasteiger partial charge in [0.2, 0.25) is 5.88 Å². The number of carbonyl (C=O) groups excluding carboxylic acids is 1. The number of anilines is 2. The van der Waals surface area contributed by atoms with Crippen molar-refractivity contribution < 1.29 is 14.3 Å². The number of hydrogen-bond acceptors (Lipinski definition) is 7. The smallest absolute Gasteiger partial charge is 0.325 e. The zero-order chi connectivity index (χ0) is 12.7. The molecule has 0 spiro atoms. The first-order chi connectivity index (χ1) is 8.19. The highest BCUT2D eigenvalue weighted by Gasteiger charge is 2.10. The molecule has 0 saturated heterocycles. The zero-order valence-electron chi connectivity index (χ0n) is 9.90. The SMILES string of the molecule is CCOC(=O)CNc1ncnc(OCC)c1N. The summed E-state index contributed by atoms with van der Waals surface area (Å²) in [4.78, 5) is 18.9. The highest BCUT2D eigenvalue weighted by atomic mass is 16.5. The molecule has 0 atom stereocenters. The molecule has 0 unspecified atom stereocenters. The van der Waals surface area contributed by atoms with Crippen LogP contribution in [0.5, 0.6) is 5.88 Å². The lowest BCUT2D eigenvalue weighted by Crippen LogP contribution is -2.18. The molecule has 0 saturated carbocycles. The van der Waals surface area contributed by atoms with Gasteiger partial charge in [-0.25, -0.2) is 4.98 Å². The summed E-state index contributed by atoms with van der Waals surface area (Å²) >= 11 is 0. The van der Waals surface area contributed by atoms with Gasteiger partial charge in [-0.05, 0) is 13.8 Å². The van der Waals surface area contributed by atoms with E-state index in [1.807, 2.05) is 6.92 Å². The highest BCUT2D eigenvalue weighted by molar-refractivity contribution is 5.77. The first-order valence-electron chi connectivity index (χ1n) is 5.31. The molecule has 3 N–H and O–H groups in total. The van der Waals surface area contributed by atoms with Crippen molar-refractivity contribution in [3.63, 3.8) is 0 Å². The van der Waals surface area contributed by atoms with E-state index in [0.717, 1.165) is 0 Å². The van der Waals surface area contributed by atoms with Gasteiger partial charge in [0.05, 0.1) is 13.2 Å². The minimum absolute atomic E-state index is 0.000613. The summed E-state index contributed by atoms with van der Waals surface area (Å²) in [6, 6.07) is 0. The van der Waals surface area contributed by atoms with Crippen LogP contribution in [0.4, 0.5) is 11.5 Å². The first kappa shape index (κ1) is 13.0. The molecule has 17 heavy (non-hydrogen) atoms. The number of ether oxygens (including phenoxy) is 2. The number of nitrogens with zero attached hydrogens (tertiary/aromatic N) is 2. The molecule has 0 radical (unpaired) electrons. The minimum Gasteiger partial charge on any atom is -0.476 e. The predicted molar refractivity (Wildman–Crippen MR) is 62.7 cm³/mol. The van der Waals surface area contributed by atoms with E-state index in [1.54, 1.807) is 6.92 Å².